The summed E-state index contributed by atoms with van der Waals surface area (Å²) in [5, 5.41) is 0. The highest BCUT2D eigenvalue weighted by Crippen LogP contribution is 2.06. The van der Waals surface area contributed by atoms with Gasteiger partial charge in [0.05, 0.1) is 52.9 Å². The van der Waals surface area contributed by atoms with E-state index in [2.05, 4.69) is 6.92 Å². The predicted molar refractivity (Wildman–Crippen MR) is 104 cm³/mol. The molecule has 0 bridgehead atoms. The lowest BCUT2D eigenvalue weighted by Crippen LogP contribution is -2.16. The fraction of sp³-hybridized carbons (Fsp3) is 1.00. The minimum atomic E-state index is 0.418. The molecule has 0 saturated heterocycles. The van der Waals surface area contributed by atoms with E-state index in [1.165, 1.54) is 32.1 Å². The average molecular weight is 379 g/mol. The van der Waals surface area contributed by atoms with Crippen LogP contribution < -0.4 is 0 Å². The van der Waals surface area contributed by atoms with E-state index in [4.69, 9.17) is 28.4 Å². The van der Waals surface area contributed by atoms with Gasteiger partial charge < -0.3 is 28.4 Å². The molecule has 1 unspecified atom stereocenters. The summed E-state index contributed by atoms with van der Waals surface area (Å²) in [6, 6.07) is 0. The number of hydrogen-bond acceptors (Lipinski definition) is 6. The minimum Gasteiger partial charge on any atom is -0.385 e. The summed E-state index contributed by atoms with van der Waals surface area (Å²) < 4.78 is 32.0. The van der Waals surface area contributed by atoms with Crippen molar-refractivity contribution in [3.63, 3.8) is 0 Å². The van der Waals surface area contributed by atoms with E-state index in [9.17, 15) is 0 Å². The lowest BCUT2D eigenvalue weighted by atomic mass is 10.1. The molecule has 0 aliphatic carbocycles. The predicted octanol–water partition coefficient (Wildman–Crippen LogP) is 3.32. The monoisotopic (exact) mass is 378 g/mol. The van der Waals surface area contributed by atoms with E-state index in [1.54, 1.807) is 14.2 Å². The summed E-state index contributed by atoms with van der Waals surface area (Å²) in [6.07, 6.45) is 7.45. The van der Waals surface area contributed by atoms with Gasteiger partial charge in [-0.2, -0.15) is 0 Å². The Hall–Kier alpha value is -0.240. The molecule has 0 amide bonds. The average Bonchev–Trinajstić information content (AvgIpc) is 2.64. The van der Waals surface area contributed by atoms with Gasteiger partial charge in [0.2, 0.25) is 0 Å². The van der Waals surface area contributed by atoms with Crippen LogP contribution in [0.5, 0.6) is 0 Å². The molecule has 1 atom stereocenters. The summed E-state index contributed by atoms with van der Waals surface area (Å²) >= 11 is 0. The Balaban J connectivity index is 3.12. The molecular weight excluding hydrogens is 336 g/mol. The molecule has 6 heteroatoms. The number of unbranched alkanes of at least 4 members (excludes halogenated alkanes) is 5. The van der Waals surface area contributed by atoms with Crippen molar-refractivity contribution >= 4 is 0 Å². The van der Waals surface area contributed by atoms with Crippen molar-refractivity contribution in [2.45, 2.75) is 45.4 Å². The standard InChI is InChI=1S/C20H42O6/c1-20(18-25-11-9-7-5-4-6-8-10-21-2)19-26-17-16-24-15-14-23-13-12-22-3/h20H,4-19H2,1-3H3. The summed E-state index contributed by atoms with van der Waals surface area (Å²) in [5.41, 5.74) is 0. The number of hydrogen-bond donors (Lipinski definition) is 0. The Bertz CT molecular complexity index is 228. The molecule has 0 rings (SSSR count). The second-order valence-corrected chi connectivity index (χ2v) is 6.59. The molecule has 0 spiro atoms. The summed E-state index contributed by atoms with van der Waals surface area (Å²) in [6.45, 7) is 9.03. The van der Waals surface area contributed by atoms with Gasteiger partial charge in [0.25, 0.3) is 0 Å². The molecule has 0 aromatic carbocycles. The van der Waals surface area contributed by atoms with Crippen molar-refractivity contribution in [2.75, 3.05) is 80.3 Å². The quantitative estimate of drug-likeness (QED) is 0.269. The smallest absolute Gasteiger partial charge is 0.0701 e. The van der Waals surface area contributed by atoms with Crippen molar-refractivity contribution in [1.29, 1.82) is 0 Å². The van der Waals surface area contributed by atoms with Crippen LogP contribution in [0.2, 0.25) is 0 Å². The van der Waals surface area contributed by atoms with Gasteiger partial charge in [-0.15, -0.1) is 0 Å². The van der Waals surface area contributed by atoms with E-state index >= 15 is 0 Å². The first-order chi connectivity index (χ1) is 12.8. The van der Waals surface area contributed by atoms with Gasteiger partial charge in [-0.1, -0.05) is 32.6 Å². The van der Waals surface area contributed by atoms with E-state index in [-0.39, 0.29) is 0 Å². The maximum Gasteiger partial charge on any atom is 0.0701 e. The van der Waals surface area contributed by atoms with E-state index in [1.807, 2.05) is 0 Å². The highest BCUT2D eigenvalue weighted by atomic mass is 16.6. The Labute approximate surface area is 160 Å². The van der Waals surface area contributed by atoms with Crippen LogP contribution in [-0.2, 0) is 28.4 Å². The van der Waals surface area contributed by atoms with Gasteiger partial charge in [-0.05, 0) is 12.8 Å². The van der Waals surface area contributed by atoms with E-state index < -0.39 is 0 Å². The summed E-state index contributed by atoms with van der Waals surface area (Å²) in [7, 11) is 3.43. The lowest BCUT2D eigenvalue weighted by molar-refractivity contribution is -0.00794. The summed E-state index contributed by atoms with van der Waals surface area (Å²) in [4.78, 5) is 0. The van der Waals surface area contributed by atoms with Crippen molar-refractivity contribution in [3.05, 3.63) is 0 Å². The first-order valence-corrected chi connectivity index (χ1v) is 10.1. The number of methoxy groups -OCH3 is 2. The fourth-order valence-corrected chi connectivity index (χ4v) is 2.36. The Morgan fingerprint density at radius 2 is 0.885 bits per heavy atom. The van der Waals surface area contributed by atoms with Crippen LogP contribution in [0.3, 0.4) is 0 Å². The maximum atomic E-state index is 5.72. The Morgan fingerprint density at radius 3 is 1.46 bits per heavy atom. The largest absolute Gasteiger partial charge is 0.385 e. The Kier molecular flexibility index (Phi) is 22.6. The molecule has 0 heterocycles. The van der Waals surface area contributed by atoms with Crippen molar-refractivity contribution in [2.24, 2.45) is 5.92 Å². The van der Waals surface area contributed by atoms with Gasteiger partial charge in [0.15, 0.2) is 0 Å². The van der Waals surface area contributed by atoms with Crippen molar-refractivity contribution < 1.29 is 28.4 Å². The summed E-state index contributed by atoms with van der Waals surface area (Å²) in [5.74, 6) is 0.418. The SMILES string of the molecule is COCCCCCCCCOCC(C)COCCOCCOCCOC. The van der Waals surface area contributed by atoms with Crippen LogP contribution in [0.4, 0.5) is 0 Å². The zero-order chi connectivity index (χ0) is 19.1. The second-order valence-electron chi connectivity index (χ2n) is 6.59. The second kappa shape index (κ2) is 22.8. The van der Waals surface area contributed by atoms with Gasteiger partial charge in [-0.3, -0.25) is 0 Å². The van der Waals surface area contributed by atoms with Crippen molar-refractivity contribution in [3.8, 4) is 0 Å². The molecule has 0 aromatic rings. The molecule has 0 aliphatic rings. The zero-order valence-electron chi connectivity index (χ0n) is 17.3. The van der Waals surface area contributed by atoms with Crippen LogP contribution in [0, 0.1) is 5.92 Å². The number of rotatable bonds is 22. The first kappa shape index (κ1) is 25.8. The molecule has 6 nitrogen and oxygen atoms in total. The first-order valence-electron chi connectivity index (χ1n) is 10.1. The van der Waals surface area contributed by atoms with Gasteiger partial charge in [0.1, 0.15) is 0 Å². The molecule has 0 aromatic heterocycles. The van der Waals surface area contributed by atoms with Crippen LogP contribution >= 0.6 is 0 Å². The fourth-order valence-electron chi connectivity index (χ4n) is 2.36. The van der Waals surface area contributed by atoms with E-state index in [0.29, 0.717) is 52.2 Å². The lowest BCUT2D eigenvalue weighted by Gasteiger charge is -2.13. The topological polar surface area (TPSA) is 55.4 Å². The van der Waals surface area contributed by atoms with Crippen molar-refractivity contribution in [1.82, 2.24) is 0 Å². The molecule has 0 N–H and O–H groups in total. The highest BCUT2D eigenvalue weighted by molar-refractivity contribution is 4.50. The Morgan fingerprint density at radius 1 is 0.462 bits per heavy atom. The normalized spacial score (nSPS) is 12.6. The van der Waals surface area contributed by atoms with Gasteiger partial charge >= 0.3 is 0 Å². The van der Waals surface area contributed by atoms with Crippen LogP contribution in [-0.4, -0.2) is 80.3 Å². The molecule has 0 aliphatic heterocycles. The third-order valence-corrected chi connectivity index (χ3v) is 3.87. The molecule has 0 fully saturated rings. The van der Waals surface area contributed by atoms with Crippen LogP contribution in [0.15, 0.2) is 0 Å². The molecule has 0 radical (unpaired) electrons. The third kappa shape index (κ3) is 21.8. The molecule has 158 valence electrons. The van der Waals surface area contributed by atoms with Gasteiger partial charge in [-0.25, -0.2) is 0 Å². The number of ether oxygens (including phenoxy) is 6. The van der Waals surface area contributed by atoms with E-state index in [0.717, 1.165) is 26.2 Å². The van der Waals surface area contributed by atoms with Crippen LogP contribution in [0.1, 0.15) is 45.4 Å². The van der Waals surface area contributed by atoms with Gasteiger partial charge in [0, 0.05) is 33.4 Å². The van der Waals surface area contributed by atoms with Crippen LogP contribution in [0.25, 0.3) is 0 Å². The highest BCUT2D eigenvalue weighted by Gasteiger charge is 2.02. The minimum absolute atomic E-state index is 0.418. The maximum absolute atomic E-state index is 5.72. The molecular formula is C20H42O6. The third-order valence-electron chi connectivity index (χ3n) is 3.87. The molecule has 0 saturated carbocycles. The molecule has 26 heavy (non-hydrogen) atoms. The zero-order valence-corrected chi connectivity index (χ0v) is 17.3.